The molecule has 1 aliphatic rings. The van der Waals surface area contributed by atoms with E-state index in [2.05, 4.69) is 10.1 Å². The van der Waals surface area contributed by atoms with Gasteiger partial charge >= 0.3 is 24.3 Å². The monoisotopic (exact) mass is 330 g/mol. The molecule has 1 heterocycles. The lowest BCUT2D eigenvalue weighted by Crippen LogP contribution is -2.47. The third-order valence-corrected chi connectivity index (χ3v) is 3.19. The Hall–Kier alpha value is -1.58. The lowest BCUT2D eigenvalue weighted by molar-refractivity contribution is -0.165. The van der Waals surface area contributed by atoms with Gasteiger partial charge in [0.2, 0.25) is 0 Å². The quantitative estimate of drug-likeness (QED) is 0.546. The number of aliphatic carboxylic acids is 1. The number of urea groups is 1. The van der Waals surface area contributed by atoms with Gasteiger partial charge in [-0.3, -0.25) is 4.79 Å². The number of likely N-dealkylation sites (tertiary alicyclic amines) is 1. The van der Waals surface area contributed by atoms with Crippen molar-refractivity contribution < 1.29 is 37.0 Å². The van der Waals surface area contributed by atoms with Gasteiger partial charge in [-0.05, 0) is 12.8 Å². The van der Waals surface area contributed by atoms with Crippen LogP contribution in [0.4, 0.5) is 22.4 Å². The van der Waals surface area contributed by atoms with Crippen molar-refractivity contribution in [1.29, 1.82) is 0 Å². The summed E-state index contributed by atoms with van der Waals surface area (Å²) < 4.78 is 53.1. The molecule has 0 aromatic heterocycles. The molecule has 1 saturated heterocycles. The molecule has 1 atom stereocenters. The van der Waals surface area contributed by atoms with Gasteiger partial charge in [0, 0.05) is 19.6 Å². The molecule has 1 aliphatic heterocycles. The summed E-state index contributed by atoms with van der Waals surface area (Å²) in [4.78, 5) is 23.9. The van der Waals surface area contributed by atoms with Crippen molar-refractivity contribution in [2.75, 3.05) is 32.8 Å². The zero-order chi connectivity index (χ0) is 16.8. The molecule has 0 spiro atoms. The van der Waals surface area contributed by atoms with Crippen molar-refractivity contribution in [1.82, 2.24) is 10.2 Å². The summed E-state index contributed by atoms with van der Waals surface area (Å²) in [6.07, 6.45) is -2.75. The molecule has 128 valence electrons. The molecule has 0 aliphatic carbocycles. The fourth-order valence-electron chi connectivity index (χ4n) is 1.98. The zero-order valence-corrected chi connectivity index (χ0v) is 11.7. The molecular formula is C12H18F4N2O4. The first-order valence-electron chi connectivity index (χ1n) is 6.73. The second kappa shape index (κ2) is 8.16. The number of halogens is 4. The maximum atomic E-state index is 12.5. The summed E-state index contributed by atoms with van der Waals surface area (Å²) in [6, 6.07) is -0.532. The van der Waals surface area contributed by atoms with E-state index < -0.39 is 36.9 Å². The van der Waals surface area contributed by atoms with E-state index in [-0.39, 0.29) is 19.7 Å². The molecule has 22 heavy (non-hydrogen) atoms. The number of ether oxygens (including phenoxy) is 1. The number of carboxylic acids is 1. The number of hydrogen-bond acceptors (Lipinski definition) is 3. The summed E-state index contributed by atoms with van der Waals surface area (Å²) >= 11 is 0. The fourth-order valence-corrected chi connectivity index (χ4v) is 1.98. The Morgan fingerprint density at radius 2 is 2.09 bits per heavy atom. The number of amides is 2. The highest BCUT2D eigenvalue weighted by molar-refractivity contribution is 5.76. The lowest BCUT2D eigenvalue weighted by atomic mass is 9.99. The molecule has 0 saturated carbocycles. The number of piperidine rings is 1. The fraction of sp³-hybridized carbons (Fsp3) is 0.833. The Balaban J connectivity index is 2.22. The van der Waals surface area contributed by atoms with E-state index in [4.69, 9.17) is 5.11 Å². The lowest BCUT2D eigenvalue weighted by Gasteiger charge is -2.30. The third kappa shape index (κ3) is 5.66. The summed E-state index contributed by atoms with van der Waals surface area (Å²) in [6.45, 7) is -1.42. The van der Waals surface area contributed by atoms with Crippen LogP contribution in [0.5, 0.6) is 0 Å². The molecule has 6 nitrogen and oxygen atoms in total. The van der Waals surface area contributed by atoms with Gasteiger partial charge in [0.15, 0.2) is 0 Å². The number of rotatable bonds is 7. The van der Waals surface area contributed by atoms with Crippen molar-refractivity contribution in [3.63, 3.8) is 0 Å². The van der Waals surface area contributed by atoms with Crippen LogP contribution in [-0.4, -0.2) is 67.2 Å². The van der Waals surface area contributed by atoms with Crippen LogP contribution in [0.15, 0.2) is 0 Å². The first-order valence-corrected chi connectivity index (χ1v) is 6.73. The summed E-state index contributed by atoms with van der Waals surface area (Å²) in [5, 5.41) is 11.3. The van der Waals surface area contributed by atoms with E-state index in [1.807, 2.05) is 0 Å². The third-order valence-electron chi connectivity index (χ3n) is 3.19. The highest BCUT2D eigenvalue weighted by atomic mass is 19.3. The van der Waals surface area contributed by atoms with Gasteiger partial charge in [-0.25, -0.2) is 13.6 Å². The van der Waals surface area contributed by atoms with E-state index in [1.54, 1.807) is 0 Å². The Morgan fingerprint density at radius 3 is 2.68 bits per heavy atom. The van der Waals surface area contributed by atoms with Gasteiger partial charge in [0.05, 0.1) is 12.5 Å². The smallest absolute Gasteiger partial charge is 0.330 e. The number of alkyl halides is 4. The molecule has 0 aromatic rings. The van der Waals surface area contributed by atoms with Gasteiger partial charge < -0.3 is 20.1 Å². The number of hydrogen-bond donors (Lipinski definition) is 2. The van der Waals surface area contributed by atoms with Crippen LogP contribution in [0.25, 0.3) is 0 Å². The molecular weight excluding hydrogens is 312 g/mol. The molecule has 0 bridgehead atoms. The molecule has 1 unspecified atom stereocenters. The van der Waals surface area contributed by atoms with E-state index in [9.17, 15) is 27.2 Å². The van der Waals surface area contributed by atoms with E-state index in [0.29, 0.717) is 19.4 Å². The number of carbonyl (C=O) groups is 2. The van der Waals surface area contributed by atoms with Crippen molar-refractivity contribution in [2.24, 2.45) is 5.92 Å². The minimum Gasteiger partial charge on any atom is -0.481 e. The van der Waals surface area contributed by atoms with Gasteiger partial charge in [0.1, 0.15) is 6.61 Å². The second-order valence-corrected chi connectivity index (χ2v) is 4.97. The van der Waals surface area contributed by atoms with E-state index in [0.717, 1.165) is 0 Å². The molecule has 2 N–H and O–H groups in total. The number of carbonyl (C=O) groups excluding carboxylic acids is 1. The van der Waals surface area contributed by atoms with Crippen molar-refractivity contribution in [3.8, 4) is 0 Å². The molecule has 1 fully saturated rings. The average Bonchev–Trinajstić information content (AvgIpc) is 2.46. The van der Waals surface area contributed by atoms with E-state index in [1.165, 1.54) is 4.90 Å². The van der Waals surface area contributed by atoms with Crippen molar-refractivity contribution in [3.05, 3.63) is 0 Å². The SMILES string of the molecule is O=C(O)C1CCCN(C(=O)NCCOCC(F)(F)C(F)F)C1. The molecule has 0 aromatic carbocycles. The minimum atomic E-state index is -4.22. The topological polar surface area (TPSA) is 78.9 Å². The Kier molecular flexibility index (Phi) is 6.85. The normalized spacial score (nSPS) is 19.3. The van der Waals surface area contributed by atoms with Crippen LogP contribution in [-0.2, 0) is 9.53 Å². The first kappa shape index (κ1) is 18.5. The van der Waals surface area contributed by atoms with Crippen molar-refractivity contribution >= 4 is 12.0 Å². The van der Waals surface area contributed by atoms with E-state index >= 15 is 0 Å². The molecule has 10 heteroatoms. The zero-order valence-electron chi connectivity index (χ0n) is 11.7. The predicted octanol–water partition coefficient (Wildman–Crippen LogP) is 1.41. The van der Waals surface area contributed by atoms with Crippen LogP contribution in [0, 0.1) is 5.92 Å². The minimum absolute atomic E-state index is 0.0749. The standard InChI is InChI=1S/C12H18F4N2O4/c13-10(14)12(15,16)7-22-5-3-17-11(21)18-4-1-2-8(6-18)9(19)20/h8,10H,1-7H2,(H,17,21)(H,19,20). The Morgan fingerprint density at radius 1 is 1.41 bits per heavy atom. The number of carboxylic acid groups (broad SMARTS) is 1. The van der Waals surface area contributed by atoms with Crippen molar-refractivity contribution in [2.45, 2.75) is 25.2 Å². The largest absolute Gasteiger partial charge is 0.481 e. The summed E-state index contributed by atoms with van der Waals surface area (Å²) in [5.74, 6) is -5.82. The van der Waals surface area contributed by atoms with Gasteiger partial charge in [-0.2, -0.15) is 8.78 Å². The van der Waals surface area contributed by atoms with Gasteiger partial charge in [-0.1, -0.05) is 0 Å². The van der Waals surface area contributed by atoms with Crippen LogP contribution in [0.2, 0.25) is 0 Å². The molecule has 0 radical (unpaired) electrons. The van der Waals surface area contributed by atoms with Gasteiger partial charge in [-0.15, -0.1) is 0 Å². The van der Waals surface area contributed by atoms with Gasteiger partial charge in [0.25, 0.3) is 0 Å². The predicted molar refractivity (Wildman–Crippen MR) is 67.1 cm³/mol. The summed E-state index contributed by atoms with van der Waals surface area (Å²) in [7, 11) is 0. The second-order valence-electron chi connectivity index (χ2n) is 4.97. The van der Waals surface area contributed by atoms with Crippen LogP contribution >= 0.6 is 0 Å². The highest BCUT2D eigenvalue weighted by Gasteiger charge is 2.40. The first-order chi connectivity index (χ1) is 10.2. The van der Waals surface area contributed by atoms with Crippen LogP contribution in [0.3, 0.4) is 0 Å². The average molecular weight is 330 g/mol. The molecule has 2 amide bonds. The highest BCUT2D eigenvalue weighted by Crippen LogP contribution is 2.22. The summed E-state index contributed by atoms with van der Waals surface area (Å²) in [5.41, 5.74) is 0. The Labute approximate surface area is 124 Å². The number of nitrogens with zero attached hydrogens (tertiary/aromatic N) is 1. The molecule has 1 rings (SSSR count). The van der Waals surface area contributed by atoms with Crippen LogP contribution in [0.1, 0.15) is 12.8 Å². The Bertz CT molecular complexity index is 395. The van der Waals surface area contributed by atoms with Crippen LogP contribution < -0.4 is 5.32 Å². The number of nitrogens with one attached hydrogen (secondary N) is 1. The maximum absolute atomic E-state index is 12.5. The maximum Gasteiger partial charge on any atom is 0.330 e.